The van der Waals surface area contributed by atoms with Gasteiger partial charge in [0.1, 0.15) is 5.75 Å². The molecule has 3 aromatic rings. The Bertz CT molecular complexity index is 1690. The first kappa shape index (κ1) is 30.3. The molecule has 2 heterocycles. The van der Waals surface area contributed by atoms with Gasteiger partial charge in [-0.25, -0.2) is 9.79 Å². The van der Waals surface area contributed by atoms with E-state index in [1.165, 1.54) is 22.8 Å². The molecule has 41 heavy (non-hydrogen) atoms. The molecule has 0 fully saturated rings. The van der Waals surface area contributed by atoms with Gasteiger partial charge in [0.15, 0.2) is 16.3 Å². The van der Waals surface area contributed by atoms with Crippen molar-refractivity contribution < 1.29 is 28.5 Å². The van der Waals surface area contributed by atoms with Gasteiger partial charge in [0, 0.05) is 6.92 Å². The normalized spacial score (nSPS) is 14.9. The second-order valence-corrected chi connectivity index (χ2v) is 11.3. The first-order valence-corrected chi connectivity index (χ1v) is 14.8. The molecule has 0 saturated carbocycles. The number of nitrogens with zero attached hydrogens (tertiary/aromatic N) is 2. The Labute approximate surface area is 249 Å². The summed E-state index contributed by atoms with van der Waals surface area (Å²) in [6, 6.07) is 10.0. The zero-order valence-corrected chi connectivity index (χ0v) is 26.1. The molecule has 0 radical (unpaired) electrons. The number of rotatable bonds is 9. The van der Waals surface area contributed by atoms with Gasteiger partial charge in [-0.3, -0.25) is 14.2 Å². The van der Waals surface area contributed by atoms with E-state index >= 15 is 0 Å². The van der Waals surface area contributed by atoms with Gasteiger partial charge < -0.3 is 18.9 Å². The number of hydrogen-bond acceptors (Lipinski definition) is 9. The summed E-state index contributed by atoms with van der Waals surface area (Å²) < 4.78 is 24.6. The second-order valence-electron chi connectivity index (χ2n) is 9.39. The highest BCUT2D eigenvalue weighted by Crippen LogP contribution is 2.37. The van der Waals surface area contributed by atoms with Crippen molar-refractivity contribution in [3.8, 4) is 17.2 Å². The quantitative estimate of drug-likeness (QED) is 0.247. The topological polar surface area (TPSA) is 105 Å². The van der Waals surface area contributed by atoms with E-state index in [0.29, 0.717) is 48.7 Å². The van der Waals surface area contributed by atoms with E-state index in [0.717, 1.165) is 5.56 Å². The minimum atomic E-state index is -0.738. The second kappa shape index (κ2) is 12.9. The van der Waals surface area contributed by atoms with Crippen molar-refractivity contribution in [1.82, 2.24) is 4.57 Å². The third kappa shape index (κ3) is 6.62. The predicted octanol–water partition coefficient (Wildman–Crippen LogP) is 4.67. The van der Waals surface area contributed by atoms with Gasteiger partial charge in [-0.15, -0.1) is 0 Å². The van der Waals surface area contributed by atoms with Crippen molar-refractivity contribution in [2.75, 3.05) is 13.2 Å². The number of hydrogen-bond donors (Lipinski definition) is 0. The summed E-state index contributed by atoms with van der Waals surface area (Å²) in [6.45, 7) is 11.0. The van der Waals surface area contributed by atoms with Crippen molar-refractivity contribution in [1.29, 1.82) is 0 Å². The Kier molecular flexibility index (Phi) is 9.49. The Balaban J connectivity index is 1.88. The molecule has 2 aromatic carbocycles. The molecule has 216 valence electrons. The zero-order chi connectivity index (χ0) is 29.8. The van der Waals surface area contributed by atoms with Crippen LogP contribution < -0.4 is 29.1 Å². The highest BCUT2D eigenvalue weighted by molar-refractivity contribution is 9.10. The van der Waals surface area contributed by atoms with Crippen LogP contribution in [0.15, 0.2) is 61.9 Å². The molecule has 0 aliphatic carbocycles. The SMILES string of the molecule is CCOC(=O)C1=C(C)N=c2s/c(=C\c3cc(Br)c(OC(C)=O)c(OCC)c3)c(=O)n2[C@@H]1c1ccc(OC(C)C)cc1. The van der Waals surface area contributed by atoms with Crippen LogP contribution in [0, 0.1) is 0 Å². The molecule has 1 aliphatic rings. The summed E-state index contributed by atoms with van der Waals surface area (Å²) in [7, 11) is 0. The Hall–Kier alpha value is -3.70. The van der Waals surface area contributed by atoms with Gasteiger partial charge in [-0.05, 0) is 92.0 Å². The third-order valence-electron chi connectivity index (χ3n) is 5.96. The highest BCUT2D eigenvalue weighted by atomic mass is 79.9. The molecule has 1 atom stereocenters. The van der Waals surface area contributed by atoms with E-state index < -0.39 is 18.0 Å². The highest BCUT2D eigenvalue weighted by Gasteiger charge is 2.33. The lowest BCUT2D eigenvalue weighted by atomic mass is 9.96. The number of fused-ring (bicyclic) bond motifs is 1. The van der Waals surface area contributed by atoms with Gasteiger partial charge in [0.2, 0.25) is 0 Å². The van der Waals surface area contributed by atoms with Gasteiger partial charge in [-0.2, -0.15) is 0 Å². The predicted molar refractivity (Wildman–Crippen MR) is 159 cm³/mol. The number of halogens is 1. The van der Waals surface area contributed by atoms with Crippen molar-refractivity contribution in [2.45, 2.75) is 53.7 Å². The molecular weight excluding hydrogens is 612 g/mol. The van der Waals surface area contributed by atoms with E-state index in [1.54, 1.807) is 32.1 Å². The molecule has 0 N–H and O–H groups in total. The van der Waals surface area contributed by atoms with Crippen LogP contribution in [0.3, 0.4) is 0 Å². The van der Waals surface area contributed by atoms with Crippen LogP contribution in [0.2, 0.25) is 0 Å². The average Bonchev–Trinajstić information content (AvgIpc) is 3.19. The minimum Gasteiger partial charge on any atom is -0.491 e. The lowest BCUT2D eigenvalue weighted by molar-refractivity contribution is -0.139. The smallest absolute Gasteiger partial charge is 0.338 e. The fraction of sp³-hybridized carbons (Fsp3) is 0.333. The van der Waals surface area contributed by atoms with Gasteiger partial charge >= 0.3 is 11.9 Å². The van der Waals surface area contributed by atoms with E-state index in [2.05, 4.69) is 20.9 Å². The molecule has 11 heteroatoms. The molecule has 1 aliphatic heterocycles. The number of carbonyl (C=O) groups excluding carboxylic acids is 2. The van der Waals surface area contributed by atoms with Crippen LogP contribution in [-0.2, 0) is 14.3 Å². The monoisotopic (exact) mass is 642 g/mol. The summed E-state index contributed by atoms with van der Waals surface area (Å²) in [5, 5.41) is 0. The Morgan fingerprint density at radius 1 is 1.15 bits per heavy atom. The number of allylic oxidation sites excluding steroid dienone is 1. The molecule has 0 unspecified atom stereocenters. The van der Waals surface area contributed by atoms with E-state index in [9.17, 15) is 14.4 Å². The number of aromatic nitrogens is 1. The molecule has 1 aromatic heterocycles. The summed E-state index contributed by atoms with van der Waals surface area (Å²) in [4.78, 5) is 43.7. The number of carbonyl (C=O) groups is 2. The maximum atomic E-state index is 13.9. The Morgan fingerprint density at radius 3 is 2.46 bits per heavy atom. The fourth-order valence-electron chi connectivity index (χ4n) is 4.44. The van der Waals surface area contributed by atoms with Crippen LogP contribution in [-0.4, -0.2) is 35.8 Å². The molecule has 0 saturated heterocycles. The minimum absolute atomic E-state index is 0.00197. The number of esters is 2. The lowest BCUT2D eigenvalue weighted by Gasteiger charge is -2.25. The lowest BCUT2D eigenvalue weighted by Crippen LogP contribution is -2.39. The summed E-state index contributed by atoms with van der Waals surface area (Å²) in [5.74, 6) is 0.296. The number of benzene rings is 2. The Morgan fingerprint density at radius 2 is 1.85 bits per heavy atom. The van der Waals surface area contributed by atoms with E-state index in [1.807, 2.05) is 45.0 Å². The summed E-state index contributed by atoms with van der Waals surface area (Å²) in [6.07, 6.45) is 1.72. The third-order valence-corrected chi connectivity index (χ3v) is 7.53. The fourth-order valence-corrected chi connectivity index (χ4v) is 6.02. The maximum Gasteiger partial charge on any atom is 0.338 e. The number of ether oxygens (including phenoxy) is 4. The van der Waals surface area contributed by atoms with Crippen LogP contribution in [0.25, 0.3) is 6.08 Å². The standard InChI is InChI=1S/C30H31BrN2O7S/c1-7-37-23-14-19(13-22(31)27(23)40-18(6)34)15-24-28(35)33-26(20-9-11-21(12-10-20)39-16(3)4)25(29(36)38-8-2)17(5)32-30(33)41-24/h9-16,26H,7-8H2,1-6H3/b24-15-/t26-/m1/s1. The van der Waals surface area contributed by atoms with Crippen LogP contribution in [0.5, 0.6) is 17.2 Å². The van der Waals surface area contributed by atoms with E-state index in [-0.39, 0.29) is 24.0 Å². The van der Waals surface area contributed by atoms with Crippen molar-refractivity contribution in [3.05, 3.63) is 83.0 Å². The van der Waals surface area contributed by atoms with Gasteiger partial charge in [-0.1, -0.05) is 23.5 Å². The molecule has 4 rings (SSSR count). The summed E-state index contributed by atoms with van der Waals surface area (Å²) >= 11 is 4.66. The molecule has 0 bridgehead atoms. The van der Waals surface area contributed by atoms with Crippen LogP contribution in [0.4, 0.5) is 0 Å². The number of thiazole rings is 1. The first-order valence-electron chi connectivity index (χ1n) is 13.1. The van der Waals surface area contributed by atoms with Crippen molar-refractivity contribution in [3.63, 3.8) is 0 Å². The largest absolute Gasteiger partial charge is 0.491 e. The zero-order valence-electron chi connectivity index (χ0n) is 23.6. The van der Waals surface area contributed by atoms with Gasteiger partial charge in [0.25, 0.3) is 5.56 Å². The molecule has 0 spiro atoms. The maximum absolute atomic E-state index is 13.9. The van der Waals surface area contributed by atoms with E-state index in [4.69, 9.17) is 18.9 Å². The van der Waals surface area contributed by atoms with Crippen LogP contribution >= 0.6 is 27.3 Å². The molecule has 9 nitrogen and oxygen atoms in total. The van der Waals surface area contributed by atoms with Crippen molar-refractivity contribution >= 4 is 45.3 Å². The first-order chi connectivity index (χ1) is 19.5. The molecular formula is C30H31BrN2O7S. The van der Waals surface area contributed by atoms with Crippen molar-refractivity contribution in [2.24, 2.45) is 4.99 Å². The molecule has 0 amide bonds. The van der Waals surface area contributed by atoms with Gasteiger partial charge in [0.05, 0.1) is 45.6 Å². The van der Waals surface area contributed by atoms with Crippen LogP contribution in [0.1, 0.15) is 58.7 Å². The average molecular weight is 644 g/mol. The summed E-state index contributed by atoms with van der Waals surface area (Å²) in [5.41, 5.74) is 1.84.